The van der Waals surface area contributed by atoms with Crippen LogP contribution in [0, 0.1) is 0 Å². The Morgan fingerprint density at radius 1 is 1.36 bits per heavy atom. The maximum absolute atomic E-state index is 10.9. The quantitative estimate of drug-likeness (QED) is 0.548. The van der Waals surface area contributed by atoms with Gasteiger partial charge < -0.3 is 4.90 Å². The molecule has 0 N–H and O–H groups in total. The normalized spacial score (nSPS) is 8.91. The summed E-state index contributed by atoms with van der Waals surface area (Å²) in [4.78, 5) is 12.3. The summed E-state index contributed by atoms with van der Waals surface area (Å²) in [5, 5.41) is 0.674. The molecule has 0 radical (unpaired) electrons. The number of carbonyl (C=O) groups excluding carboxylic acids is 1. The van der Waals surface area contributed by atoms with E-state index in [1.54, 1.807) is 13.8 Å². The summed E-state index contributed by atoms with van der Waals surface area (Å²) in [6.45, 7) is 4.65. The van der Waals surface area contributed by atoms with Crippen molar-refractivity contribution in [3.8, 4) is 0 Å². The van der Waals surface area contributed by atoms with Gasteiger partial charge in [-0.25, -0.2) is 0 Å². The molecule has 0 aromatic rings. The van der Waals surface area contributed by atoms with Crippen molar-refractivity contribution in [3.63, 3.8) is 0 Å². The van der Waals surface area contributed by atoms with Crippen LogP contribution in [0.1, 0.15) is 13.8 Å². The lowest BCUT2D eigenvalue weighted by Gasteiger charge is -2.14. The van der Waals surface area contributed by atoms with Gasteiger partial charge in [-0.1, -0.05) is 0 Å². The molecule has 0 saturated heterocycles. The van der Waals surface area contributed by atoms with Gasteiger partial charge in [0, 0.05) is 13.1 Å². The topological polar surface area (TPSA) is 54.5 Å². The summed E-state index contributed by atoms with van der Waals surface area (Å²) in [6.07, 6.45) is 0. The molecule has 0 unspecified atom stereocenters. The van der Waals surface area contributed by atoms with Gasteiger partial charge in [0.1, 0.15) is 5.37 Å². The molecular formula is C6H11NO3S. The standard InChI is InChI=1S/C6H11NO3S/c1-3-7(4-2)6(8)5-11(9)10/h5H,3-4H2,1-2H3. The lowest BCUT2D eigenvalue weighted by molar-refractivity contribution is -0.123. The Bertz CT molecular complexity index is 243. The van der Waals surface area contributed by atoms with Gasteiger partial charge in [-0.3, -0.25) is 4.79 Å². The van der Waals surface area contributed by atoms with Gasteiger partial charge in [0.25, 0.3) is 5.91 Å². The number of carbonyl (C=O) groups is 1. The second kappa shape index (κ2) is 4.90. The monoisotopic (exact) mass is 177 g/mol. The van der Waals surface area contributed by atoms with Gasteiger partial charge in [0.15, 0.2) is 0 Å². The smallest absolute Gasteiger partial charge is 0.262 e. The molecule has 0 aliphatic rings. The third kappa shape index (κ3) is 3.77. The molecule has 1 amide bonds. The Morgan fingerprint density at radius 2 is 1.82 bits per heavy atom. The average molecular weight is 177 g/mol. The highest BCUT2D eigenvalue weighted by atomic mass is 32.2. The summed E-state index contributed by atoms with van der Waals surface area (Å²) in [7, 11) is -2.39. The third-order valence-corrected chi connectivity index (χ3v) is 1.67. The summed E-state index contributed by atoms with van der Waals surface area (Å²) < 4.78 is 20.1. The van der Waals surface area contributed by atoms with Crippen molar-refractivity contribution in [1.82, 2.24) is 4.90 Å². The molecule has 0 atom stereocenters. The van der Waals surface area contributed by atoms with E-state index < -0.39 is 16.2 Å². The first-order chi connectivity index (χ1) is 5.11. The molecule has 11 heavy (non-hydrogen) atoms. The van der Waals surface area contributed by atoms with E-state index in [1.807, 2.05) is 0 Å². The highest BCUT2D eigenvalue weighted by Crippen LogP contribution is 1.84. The highest BCUT2D eigenvalue weighted by Gasteiger charge is 2.05. The SMILES string of the molecule is CCN(CC)C(=O)C=S(=O)=O. The van der Waals surface area contributed by atoms with E-state index >= 15 is 0 Å². The van der Waals surface area contributed by atoms with Gasteiger partial charge in [-0.2, -0.15) is 8.42 Å². The fourth-order valence-electron chi connectivity index (χ4n) is 0.692. The molecule has 0 heterocycles. The van der Waals surface area contributed by atoms with Crippen LogP contribution in [0.2, 0.25) is 0 Å². The van der Waals surface area contributed by atoms with Crippen molar-refractivity contribution in [2.24, 2.45) is 0 Å². The first kappa shape index (κ1) is 10.2. The van der Waals surface area contributed by atoms with E-state index in [1.165, 1.54) is 4.90 Å². The van der Waals surface area contributed by atoms with Crippen molar-refractivity contribution < 1.29 is 13.2 Å². The molecular weight excluding hydrogens is 166 g/mol. The van der Waals surface area contributed by atoms with Crippen molar-refractivity contribution in [3.05, 3.63) is 0 Å². The fraction of sp³-hybridized carbons (Fsp3) is 0.667. The molecule has 64 valence electrons. The van der Waals surface area contributed by atoms with Gasteiger partial charge in [-0.05, 0) is 13.8 Å². The van der Waals surface area contributed by atoms with E-state index in [9.17, 15) is 13.2 Å². The Labute approximate surface area is 67.3 Å². The maximum Gasteiger partial charge on any atom is 0.262 e. The summed E-state index contributed by atoms with van der Waals surface area (Å²) in [6, 6.07) is 0. The fourth-order valence-corrected chi connectivity index (χ4v) is 1.01. The number of hydrogen-bond acceptors (Lipinski definition) is 3. The predicted octanol–water partition coefficient (Wildman–Crippen LogP) is -0.464. The number of amides is 1. The van der Waals surface area contributed by atoms with Crippen molar-refractivity contribution in [2.45, 2.75) is 13.8 Å². The van der Waals surface area contributed by atoms with Crippen molar-refractivity contribution in [2.75, 3.05) is 13.1 Å². The first-order valence-corrected chi connectivity index (χ1v) is 4.47. The van der Waals surface area contributed by atoms with E-state index in [2.05, 4.69) is 0 Å². The zero-order chi connectivity index (χ0) is 8.85. The minimum Gasteiger partial charge on any atom is -0.339 e. The molecule has 0 aliphatic heterocycles. The van der Waals surface area contributed by atoms with Gasteiger partial charge in [-0.15, -0.1) is 0 Å². The van der Waals surface area contributed by atoms with E-state index in [0.717, 1.165) is 0 Å². The lowest BCUT2D eigenvalue weighted by Crippen LogP contribution is -2.31. The second-order valence-electron chi connectivity index (χ2n) is 1.89. The number of rotatable bonds is 3. The molecule has 0 saturated carbocycles. The minimum absolute atomic E-state index is 0.455. The lowest BCUT2D eigenvalue weighted by atomic mass is 10.5. The second-order valence-corrected chi connectivity index (χ2v) is 2.65. The minimum atomic E-state index is -2.39. The van der Waals surface area contributed by atoms with E-state index in [0.29, 0.717) is 18.5 Å². The van der Waals surface area contributed by atoms with Crippen molar-refractivity contribution in [1.29, 1.82) is 0 Å². The van der Waals surface area contributed by atoms with Gasteiger partial charge in [0.05, 0.1) is 0 Å². The van der Waals surface area contributed by atoms with E-state index in [4.69, 9.17) is 0 Å². The number of nitrogens with zero attached hydrogens (tertiary/aromatic N) is 1. The van der Waals surface area contributed by atoms with Crippen LogP contribution in [0.4, 0.5) is 0 Å². The molecule has 4 nitrogen and oxygen atoms in total. The van der Waals surface area contributed by atoms with Gasteiger partial charge in [0.2, 0.25) is 10.3 Å². The van der Waals surface area contributed by atoms with E-state index in [-0.39, 0.29) is 0 Å². The Kier molecular flexibility index (Phi) is 4.52. The Hall–Kier alpha value is -0.840. The van der Waals surface area contributed by atoms with Crippen LogP contribution >= 0.6 is 0 Å². The average Bonchev–Trinajstić information content (AvgIpc) is 1.88. The Balaban J connectivity index is 4.34. The van der Waals surface area contributed by atoms with Crippen LogP contribution < -0.4 is 0 Å². The summed E-state index contributed by atoms with van der Waals surface area (Å²) in [5.41, 5.74) is 0. The molecule has 5 heteroatoms. The molecule has 0 aromatic carbocycles. The summed E-state index contributed by atoms with van der Waals surface area (Å²) in [5.74, 6) is -0.455. The molecule has 0 rings (SSSR count). The molecule has 0 aromatic heterocycles. The maximum atomic E-state index is 10.9. The van der Waals surface area contributed by atoms with Crippen LogP contribution in [0.25, 0.3) is 0 Å². The van der Waals surface area contributed by atoms with Crippen LogP contribution in [0.5, 0.6) is 0 Å². The highest BCUT2D eigenvalue weighted by molar-refractivity contribution is 7.73. The Morgan fingerprint density at radius 3 is 2.09 bits per heavy atom. The van der Waals surface area contributed by atoms with Crippen LogP contribution in [-0.2, 0) is 15.1 Å². The zero-order valence-corrected chi connectivity index (χ0v) is 7.39. The van der Waals surface area contributed by atoms with Gasteiger partial charge >= 0.3 is 0 Å². The molecule has 0 fully saturated rings. The van der Waals surface area contributed by atoms with Crippen LogP contribution in [0.3, 0.4) is 0 Å². The molecule has 0 spiro atoms. The predicted molar refractivity (Wildman–Crippen MR) is 42.9 cm³/mol. The summed E-state index contributed by atoms with van der Waals surface area (Å²) >= 11 is 0. The van der Waals surface area contributed by atoms with Crippen LogP contribution in [0.15, 0.2) is 0 Å². The molecule has 0 aliphatic carbocycles. The third-order valence-electron chi connectivity index (χ3n) is 1.27. The molecule has 0 bridgehead atoms. The first-order valence-electron chi connectivity index (χ1n) is 3.33. The number of hydrogen-bond donors (Lipinski definition) is 0. The van der Waals surface area contributed by atoms with Crippen LogP contribution in [-0.4, -0.2) is 37.7 Å². The largest absolute Gasteiger partial charge is 0.339 e. The van der Waals surface area contributed by atoms with Crippen molar-refractivity contribution >= 4 is 21.6 Å². The zero-order valence-electron chi connectivity index (χ0n) is 6.57.